The lowest BCUT2D eigenvalue weighted by Gasteiger charge is -2.28. The predicted octanol–water partition coefficient (Wildman–Crippen LogP) is 2.29. The van der Waals surface area contributed by atoms with Gasteiger partial charge in [-0.25, -0.2) is 0 Å². The highest BCUT2D eigenvalue weighted by molar-refractivity contribution is 5.89. The van der Waals surface area contributed by atoms with E-state index in [2.05, 4.69) is 23.5 Å². The van der Waals surface area contributed by atoms with Gasteiger partial charge in [0, 0.05) is 6.04 Å². The number of carbonyl (C=O) groups is 1. The van der Waals surface area contributed by atoms with Gasteiger partial charge in [-0.15, -0.1) is 0 Å². The maximum absolute atomic E-state index is 11.9. The lowest BCUT2D eigenvalue weighted by molar-refractivity contribution is -0.124. The molecule has 0 aliphatic heterocycles. The molecule has 0 aromatic heterocycles. The van der Waals surface area contributed by atoms with E-state index in [9.17, 15) is 4.79 Å². The summed E-state index contributed by atoms with van der Waals surface area (Å²) in [5.74, 6) is -0.324. The van der Waals surface area contributed by atoms with E-state index >= 15 is 0 Å². The van der Waals surface area contributed by atoms with Crippen molar-refractivity contribution in [2.24, 2.45) is 5.73 Å². The third kappa shape index (κ3) is 2.22. The molecule has 3 rings (SSSR count). The summed E-state index contributed by atoms with van der Waals surface area (Å²) >= 11 is 0. The van der Waals surface area contributed by atoms with E-state index in [1.807, 2.05) is 31.2 Å². The maximum Gasteiger partial charge on any atom is 0.242 e. The molecule has 1 aliphatic carbocycles. The summed E-state index contributed by atoms with van der Waals surface area (Å²) in [5, 5.41) is 5.67. The van der Waals surface area contributed by atoms with Gasteiger partial charge in [-0.1, -0.05) is 36.4 Å². The van der Waals surface area contributed by atoms with Crippen molar-refractivity contribution in [3.05, 3.63) is 48.0 Å². The zero-order chi connectivity index (χ0) is 13.5. The summed E-state index contributed by atoms with van der Waals surface area (Å²) in [7, 11) is 0. The molecule has 0 spiro atoms. The molecule has 1 fully saturated rings. The molecule has 0 heterocycles. The Bertz CT molecular complexity index is 633. The van der Waals surface area contributed by atoms with Crippen molar-refractivity contribution in [2.45, 2.75) is 31.3 Å². The average Bonchev–Trinajstić information content (AvgIpc) is 3.21. The number of fused-ring (bicyclic) bond motifs is 1. The minimum atomic E-state index is -0.787. The second-order valence-corrected chi connectivity index (χ2v) is 5.47. The third-order valence-electron chi connectivity index (χ3n) is 3.89. The van der Waals surface area contributed by atoms with E-state index in [1.165, 1.54) is 5.39 Å². The largest absolute Gasteiger partial charge is 0.368 e. The van der Waals surface area contributed by atoms with Gasteiger partial charge in [0.25, 0.3) is 0 Å². The van der Waals surface area contributed by atoms with Gasteiger partial charge in [0.05, 0.1) is 0 Å². The molecule has 98 valence electrons. The van der Waals surface area contributed by atoms with Gasteiger partial charge in [-0.05, 0) is 42.2 Å². The average molecular weight is 254 g/mol. The summed E-state index contributed by atoms with van der Waals surface area (Å²) in [5.41, 5.74) is 5.77. The first-order valence-corrected chi connectivity index (χ1v) is 6.66. The Hall–Kier alpha value is -1.87. The Morgan fingerprint density at radius 3 is 2.53 bits per heavy atom. The molecule has 2 aromatic carbocycles. The Labute approximate surface area is 112 Å². The summed E-state index contributed by atoms with van der Waals surface area (Å²) in [6.07, 6.45) is 2.24. The number of hydrogen-bond donors (Lipinski definition) is 2. The van der Waals surface area contributed by atoms with Crippen molar-refractivity contribution < 1.29 is 4.79 Å². The van der Waals surface area contributed by atoms with E-state index in [4.69, 9.17) is 5.73 Å². The maximum atomic E-state index is 11.9. The van der Waals surface area contributed by atoms with E-state index < -0.39 is 5.54 Å². The molecule has 1 unspecified atom stereocenters. The topological polar surface area (TPSA) is 55.1 Å². The molecule has 0 bridgehead atoms. The SMILES string of the molecule is CC(NC1CC1)(C(N)=O)c1ccc2ccccc2c1. The molecule has 2 aromatic rings. The molecule has 1 atom stereocenters. The number of carbonyl (C=O) groups excluding carboxylic acids is 1. The summed E-state index contributed by atoms with van der Waals surface area (Å²) in [4.78, 5) is 11.9. The fourth-order valence-electron chi connectivity index (χ4n) is 2.43. The number of amides is 1. The van der Waals surface area contributed by atoms with Crippen molar-refractivity contribution in [1.82, 2.24) is 5.32 Å². The molecular weight excluding hydrogens is 236 g/mol. The molecule has 3 N–H and O–H groups in total. The molecule has 1 amide bonds. The first kappa shape index (κ1) is 12.2. The van der Waals surface area contributed by atoms with Crippen molar-refractivity contribution in [3.8, 4) is 0 Å². The highest BCUT2D eigenvalue weighted by Crippen LogP contribution is 2.30. The van der Waals surface area contributed by atoms with Gasteiger partial charge in [0.15, 0.2) is 0 Å². The van der Waals surface area contributed by atoms with Crippen LogP contribution in [0.3, 0.4) is 0 Å². The van der Waals surface area contributed by atoms with E-state index in [1.54, 1.807) is 0 Å². The normalized spacial score (nSPS) is 18.2. The van der Waals surface area contributed by atoms with Crippen molar-refractivity contribution >= 4 is 16.7 Å². The van der Waals surface area contributed by atoms with Crippen LogP contribution in [0.15, 0.2) is 42.5 Å². The molecular formula is C16H18N2O. The molecule has 3 heteroatoms. The summed E-state index contributed by atoms with van der Waals surface area (Å²) < 4.78 is 0. The highest BCUT2D eigenvalue weighted by Gasteiger charge is 2.38. The number of hydrogen-bond acceptors (Lipinski definition) is 2. The highest BCUT2D eigenvalue weighted by atomic mass is 16.1. The van der Waals surface area contributed by atoms with Crippen LogP contribution in [0.5, 0.6) is 0 Å². The smallest absolute Gasteiger partial charge is 0.242 e. The standard InChI is InChI=1S/C16H18N2O/c1-16(15(17)19,18-14-8-9-14)13-7-6-11-4-2-3-5-12(11)10-13/h2-7,10,14,18H,8-9H2,1H3,(H2,17,19). The summed E-state index contributed by atoms with van der Waals surface area (Å²) in [6, 6.07) is 14.6. The van der Waals surface area contributed by atoms with Crippen LogP contribution in [0.2, 0.25) is 0 Å². The quantitative estimate of drug-likeness (QED) is 0.879. The third-order valence-corrected chi connectivity index (χ3v) is 3.89. The molecule has 19 heavy (non-hydrogen) atoms. The van der Waals surface area contributed by atoms with Gasteiger partial charge in [0.2, 0.25) is 5.91 Å². The molecule has 0 radical (unpaired) electrons. The van der Waals surface area contributed by atoms with Crippen LogP contribution in [-0.4, -0.2) is 11.9 Å². The van der Waals surface area contributed by atoms with Crippen LogP contribution in [0, 0.1) is 0 Å². The van der Waals surface area contributed by atoms with Crippen molar-refractivity contribution in [1.29, 1.82) is 0 Å². The van der Waals surface area contributed by atoms with Crippen LogP contribution in [-0.2, 0) is 10.3 Å². The van der Waals surface area contributed by atoms with E-state index in [0.717, 1.165) is 23.8 Å². The Morgan fingerprint density at radius 1 is 1.21 bits per heavy atom. The number of benzene rings is 2. The lowest BCUT2D eigenvalue weighted by Crippen LogP contribution is -2.51. The second kappa shape index (κ2) is 4.35. The van der Waals surface area contributed by atoms with Crippen LogP contribution in [0.25, 0.3) is 10.8 Å². The number of nitrogens with one attached hydrogen (secondary N) is 1. The van der Waals surface area contributed by atoms with Crippen molar-refractivity contribution in [2.75, 3.05) is 0 Å². The molecule has 1 saturated carbocycles. The molecule has 1 aliphatic rings. The molecule has 3 nitrogen and oxygen atoms in total. The number of nitrogens with two attached hydrogens (primary N) is 1. The first-order valence-electron chi connectivity index (χ1n) is 6.66. The van der Waals surface area contributed by atoms with Gasteiger partial charge in [-0.3, -0.25) is 10.1 Å². The fraction of sp³-hybridized carbons (Fsp3) is 0.312. The van der Waals surface area contributed by atoms with E-state index in [0.29, 0.717) is 6.04 Å². The van der Waals surface area contributed by atoms with Crippen molar-refractivity contribution in [3.63, 3.8) is 0 Å². The zero-order valence-corrected chi connectivity index (χ0v) is 11.0. The Balaban J connectivity index is 2.06. The van der Waals surface area contributed by atoms with Gasteiger partial charge in [0.1, 0.15) is 5.54 Å². The monoisotopic (exact) mass is 254 g/mol. The number of primary amides is 1. The summed E-state index contributed by atoms with van der Waals surface area (Å²) in [6.45, 7) is 1.87. The zero-order valence-electron chi connectivity index (χ0n) is 11.0. The van der Waals surface area contributed by atoms with Gasteiger partial charge in [-0.2, -0.15) is 0 Å². The Kier molecular flexibility index (Phi) is 2.79. The number of rotatable bonds is 4. The van der Waals surface area contributed by atoms with Crippen LogP contribution in [0.4, 0.5) is 0 Å². The minimum Gasteiger partial charge on any atom is -0.368 e. The minimum absolute atomic E-state index is 0.324. The van der Waals surface area contributed by atoms with Crippen LogP contribution >= 0.6 is 0 Å². The van der Waals surface area contributed by atoms with Gasteiger partial charge < -0.3 is 5.73 Å². The van der Waals surface area contributed by atoms with Crippen LogP contribution in [0.1, 0.15) is 25.3 Å². The van der Waals surface area contributed by atoms with Gasteiger partial charge >= 0.3 is 0 Å². The predicted molar refractivity (Wildman–Crippen MR) is 76.7 cm³/mol. The Morgan fingerprint density at radius 2 is 1.89 bits per heavy atom. The lowest BCUT2D eigenvalue weighted by atomic mass is 9.89. The van der Waals surface area contributed by atoms with E-state index in [-0.39, 0.29) is 5.91 Å². The second-order valence-electron chi connectivity index (χ2n) is 5.47. The molecule has 0 saturated heterocycles. The fourth-order valence-corrected chi connectivity index (χ4v) is 2.43. The van der Waals surface area contributed by atoms with Crippen LogP contribution < -0.4 is 11.1 Å². The first-order chi connectivity index (χ1) is 9.09.